The predicted molar refractivity (Wildman–Crippen MR) is 115 cm³/mol. The van der Waals surface area contributed by atoms with E-state index in [4.69, 9.17) is 0 Å². The third-order valence-electron chi connectivity index (χ3n) is 5.70. The zero-order valence-electron chi connectivity index (χ0n) is 17.1. The monoisotopic (exact) mass is 407 g/mol. The van der Waals surface area contributed by atoms with Gasteiger partial charge in [0.1, 0.15) is 5.82 Å². The third-order valence-corrected chi connectivity index (χ3v) is 5.70. The molecule has 0 saturated carbocycles. The molecular formula is C24H26FN3O2. The van der Waals surface area contributed by atoms with E-state index in [1.165, 1.54) is 23.4 Å². The molecule has 2 amide bonds. The Balaban J connectivity index is 1.33. The number of aromatic nitrogens is 1. The van der Waals surface area contributed by atoms with Crippen LogP contribution in [0.15, 0.2) is 42.5 Å². The summed E-state index contributed by atoms with van der Waals surface area (Å²) in [4.78, 5) is 28.2. The number of nitrogens with one attached hydrogen (secondary N) is 3. The number of aromatic amines is 1. The van der Waals surface area contributed by atoms with Crippen molar-refractivity contribution < 1.29 is 14.0 Å². The second-order valence-corrected chi connectivity index (χ2v) is 8.07. The van der Waals surface area contributed by atoms with Crippen LogP contribution in [0.2, 0.25) is 0 Å². The van der Waals surface area contributed by atoms with E-state index in [0.717, 1.165) is 30.2 Å². The number of hydrogen-bond acceptors (Lipinski definition) is 2. The van der Waals surface area contributed by atoms with Crippen LogP contribution < -0.4 is 10.6 Å². The second-order valence-electron chi connectivity index (χ2n) is 8.07. The van der Waals surface area contributed by atoms with E-state index < -0.39 is 0 Å². The number of aryl methyl sites for hydroxylation is 1. The first-order valence-corrected chi connectivity index (χ1v) is 10.4. The SMILES string of the molecule is CC1CCc2[nH]c3c(C(=O)NCCNC(=O)Cc4cccc(F)c4)cccc3c2C1. The predicted octanol–water partition coefficient (Wildman–Crippen LogP) is 3.52. The van der Waals surface area contributed by atoms with Crippen molar-refractivity contribution in [2.75, 3.05) is 13.1 Å². The smallest absolute Gasteiger partial charge is 0.253 e. The molecule has 1 unspecified atom stereocenters. The minimum absolute atomic E-state index is 0.109. The highest BCUT2D eigenvalue weighted by molar-refractivity contribution is 6.06. The molecule has 1 heterocycles. The van der Waals surface area contributed by atoms with E-state index in [-0.39, 0.29) is 24.1 Å². The van der Waals surface area contributed by atoms with Gasteiger partial charge in [-0.15, -0.1) is 0 Å². The topological polar surface area (TPSA) is 74.0 Å². The quantitative estimate of drug-likeness (QED) is 0.547. The van der Waals surface area contributed by atoms with E-state index in [2.05, 4.69) is 28.6 Å². The van der Waals surface area contributed by atoms with Gasteiger partial charge in [0.2, 0.25) is 5.91 Å². The van der Waals surface area contributed by atoms with Crippen molar-refractivity contribution >= 4 is 22.7 Å². The number of carbonyl (C=O) groups excluding carboxylic acids is 2. The fourth-order valence-electron chi connectivity index (χ4n) is 4.17. The van der Waals surface area contributed by atoms with E-state index >= 15 is 0 Å². The lowest BCUT2D eigenvalue weighted by Crippen LogP contribution is -2.35. The van der Waals surface area contributed by atoms with Crippen LogP contribution in [0.4, 0.5) is 4.39 Å². The highest BCUT2D eigenvalue weighted by atomic mass is 19.1. The number of carbonyl (C=O) groups is 2. The average Bonchev–Trinajstić information content (AvgIpc) is 3.09. The first kappa shape index (κ1) is 20.1. The molecule has 0 fully saturated rings. The lowest BCUT2D eigenvalue weighted by atomic mass is 9.87. The lowest BCUT2D eigenvalue weighted by molar-refractivity contribution is -0.120. The van der Waals surface area contributed by atoms with Crippen molar-refractivity contribution in [2.24, 2.45) is 5.92 Å². The highest BCUT2D eigenvalue weighted by Gasteiger charge is 2.22. The molecule has 0 spiro atoms. The van der Waals surface area contributed by atoms with Crippen LogP contribution >= 0.6 is 0 Å². The maximum Gasteiger partial charge on any atom is 0.253 e. The Bertz CT molecular complexity index is 1090. The van der Waals surface area contributed by atoms with Crippen molar-refractivity contribution in [3.63, 3.8) is 0 Å². The molecule has 1 atom stereocenters. The van der Waals surface area contributed by atoms with Gasteiger partial charge >= 0.3 is 0 Å². The summed E-state index contributed by atoms with van der Waals surface area (Å²) < 4.78 is 13.2. The molecule has 0 bridgehead atoms. The average molecular weight is 407 g/mol. The molecule has 156 valence electrons. The normalized spacial score (nSPS) is 15.6. The molecule has 6 heteroatoms. The van der Waals surface area contributed by atoms with Gasteiger partial charge in [-0.05, 0) is 54.5 Å². The summed E-state index contributed by atoms with van der Waals surface area (Å²) in [5, 5.41) is 6.76. The molecule has 1 aliphatic rings. The molecule has 3 N–H and O–H groups in total. The molecule has 30 heavy (non-hydrogen) atoms. The summed E-state index contributed by atoms with van der Waals surface area (Å²) in [5.74, 6) is -0.0677. The van der Waals surface area contributed by atoms with Gasteiger partial charge in [0.25, 0.3) is 5.91 Å². The summed E-state index contributed by atoms with van der Waals surface area (Å²) in [5.41, 5.74) is 4.72. The van der Waals surface area contributed by atoms with Crippen LogP contribution in [0.5, 0.6) is 0 Å². The van der Waals surface area contributed by atoms with Crippen LogP contribution in [0.3, 0.4) is 0 Å². The van der Waals surface area contributed by atoms with Crippen molar-refractivity contribution in [3.05, 3.63) is 70.7 Å². The molecule has 0 aliphatic heterocycles. The zero-order chi connectivity index (χ0) is 21.1. The Kier molecular flexibility index (Phi) is 5.84. The van der Waals surface area contributed by atoms with Gasteiger partial charge in [-0.1, -0.05) is 31.2 Å². The van der Waals surface area contributed by atoms with E-state index in [1.54, 1.807) is 12.1 Å². The Labute approximate surface area is 175 Å². The molecule has 1 aromatic heterocycles. The Morgan fingerprint density at radius 1 is 1.13 bits per heavy atom. The molecule has 0 saturated heterocycles. The van der Waals surface area contributed by atoms with E-state index in [9.17, 15) is 14.0 Å². The third kappa shape index (κ3) is 4.37. The molecule has 4 rings (SSSR count). The van der Waals surface area contributed by atoms with Gasteiger partial charge in [0.15, 0.2) is 0 Å². The van der Waals surface area contributed by atoms with Crippen LogP contribution in [0.1, 0.15) is 40.5 Å². The highest BCUT2D eigenvalue weighted by Crippen LogP contribution is 2.32. The number of fused-ring (bicyclic) bond motifs is 3. The summed E-state index contributed by atoms with van der Waals surface area (Å²) in [6.45, 7) is 2.90. The minimum Gasteiger partial charge on any atom is -0.358 e. The number of hydrogen-bond donors (Lipinski definition) is 3. The number of rotatable bonds is 6. The second kappa shape index (κ2) is 8.69. The van der Waals surface area contributed by atoms with Crippen molar-refractivity contribution in [1.29, 1.82) is 0 Å². The van der Waals surface area contributed by atoms with Gasteiger partial charge in [-0.25, -0.2) is 4.39 Å². The van der Waals surface area contributed by atoms with Crippen LogP contribution in [0.25, 0.3) is 10.9 Å². The summed E-state index contributed by atoms with van der Waals surface area (Å²) >= 11 is 0. The maximum absolute atomic E-state index is 13.2. The lowest BCUT2D eigenvalue weighted by Gasteiger charge is -2.17. The number of H-pyrrole nitrogens is 1. The maximum atomic E-state index is 13.2. The molecule has 0 radical (unpaired) electrons. The van der Waals surface area contributed by atoms with Crippen molar-refractivity contribution in [2.45, 2.75) is 32.6 Å². The standard InChI is InChI=1S/C24H26FN3O2/c1-15-8-9-21-20(12-15)18-6-3-7-19(23(18)28-21)24(30)27-11-10-26-22(29)14-16-4-2-5-17(25)13-16/h2-7,13,15,28H,8-12,14H2,1H3,(H,26,29)(H,27,30). The first-order chi connectivity index (χ1) is 14.5. The van der Waals surface area contributed by atoms with E-state index in [1.807, 2.05) is 12.1 Å². The van der Waals surface area contributed by atoms with E-state index in [0.29, 0.717) is 30.1 Å². The summed E-state index contributed by atoms with van der Waals surface area (Å²) in [6, 6.07) is 11.8. The number of amides is 2. The van der Waals surface area contributed by atoms with Crippen LogP contribution in [-0.2, 0) is 24.1 Å². The zero-order valence-corrected chi connectivity index (χ0v) is 17.1. The first-order valence-electron chi connectivity index (χ1n) is 10.4. The fraction of sp³-hybridized carbons (Fsp3) is 0.333. The Morgan fingerprint density at radius 2 is 1.93 bits per heavy atom. The van der Waals surface area contributed by atoms with Gasteiger partial charge in [0.05, 0.1) is 17.5 Å². The van der Waals surface area contributed by atoms with Crippen molar-refractivity contribution in [3.8, 4) is 0 Å². The Morgan fingerprint density at radius 3 is 2.77 bits per heavy atom. The molecule has 5 nitrogen and oxygen atoms in total. The van der Waals surface area contributed by atoms with Crippen LogP contribution in [-0.4, -0.2) is 29.9 Å². The van der Waals surface area contributed by atoms with Crippen molar-refractivity contribution in [1.82, 2.24) is 15.6 Å². The largest absolute Gasteiger partial charge is 0.358 e. The van der Waals surface area contributed by atoms with Gasteiger partial charge in [-0.2, -0.15) is 0 Å². The fourth-order valence-corrected chi connectivity index (χ4v) is 4.17. The molecule has 3 aromatic rings. The summed E-state index contributed by atoms with van der Waals surface area (Å²) in [7, 11) is 0. The van der Waals surface area contributed by atoms with Gasteiger partial charge in [-0.3, -0.25) is 9.59 Å². The molecule has 1 aliphatic carbocycles. The number of para-hydroxylation sites is 1. The number of halogens is 1. The number of benzene rings is 2. The molecule has 2 aromatic carbocycles. The van der Waals surface area contributed by atoms with Gasteiger partial charge < -0.3 is 15.6 Å². The van der Waals surface area contributed by atoms with Gasteiger partial charge in [0, 0.05) is 24.2 Å². The Hall–Kier alpha value is -3.15. The molecular weight excluding hydrogens is 381 g/mol. The minimum atomic E-state index is -0.359. The van der Waals surface area contributed by atoms with Crippen LogP contribution in [0, 0.1) is 11.7 Å². The summed E-state index contributed by atoms with van der Waals surface area (Å²) in [6.07, 6.45) is 3.33.